The maximum absolute atomic E-state index is 4.79. The topological polar surface area (TPSA) is 38.7 Å². The van der Waals surface area contributed by atoms with E-state index in [2.05, 4.69) is 26.0 Å². The first-order chi connectivity index (χ1) is 12.7. The Kier molecular flexibility index (Phi) is 4.44. The molecule has 0 aliphatic heterocycles. The van der Waals surface area contributed by atoms with Crippen LogP contribution >= 0.6 is 0 Å². The molecule has 0 spiro atoms. The average Bonchev–Trinajstić information content (AvgIpc) is 2.68. The van der Waals surface area contributed by atoms with Crippen LogP contribution in [0.3, 0.4) is 0 Å². The van der Waals surface area contributed by atoms with Crippen LogP contribution in [0.2, 0.25) is 0 Å². The number of allylic oxidation sites excluding steroid dienone is 4. The molecule has 2 aromatic carbocycles. The summed E-state index contributed by atoms with van der Waals surface area (Å²) in [5.74, 6) is 2.65. The Morgan fingerprint density at radius 3 is 1.73 bits per heavy atom. The van der Waals surface area contributed by atoms with Gasteiger partial charge in [-0.1, -0.05) is 85.3 Å². The van der Waals surface area contributed by atoms with Crippen molar-refractivity contribution in [1.82, 2.24) is 15.0 Å². The van der Waals surface area contributed by atoms with E-state index in [4.69, 9.17) is 15.0 Å². The molecule has 1 heterocycles. The summed E-state index contributed by atoms with van der Waals surface area (Å²) in [4.78, 5) is 14.3. The van der Waals surface area contributed by atoms with Crippen molar-refractivity contribution in [2.75, 3.05) is 0 Å². The number of hydrogen-bond acceptors (Lipinski definition) is 3. The second-order valence-electron chi connectivity index (χ2n) is 6.83. The van der Waals surface area contributed by atoms with E-state index in [0.29, 0.717) is 17.6 Å². The molecule has 4 rings (SSSR count). The van der Waals surface area contributed by atoms with Gasteiger partial charge in [0.15, 0.2) is 17.5 Å². The van der Waals surface area contributed by atoms with Crippen molar-refractivity contribution < 1.29 is 0 Å². The Hall–Kier alpha value is -3.07. The molecule has 128 valence electrons. The molecule has 0 radical (unpaired) electrons. The molecule has 0 bridgehead atoms. The monoisotopic (exact) mass is 339 g/mol. The maximum atomic E-state index is 4.79. The van der Waals surface area contributed by atoms with Gasteiger partial charge in [0.25, 0.3) is 0 Å². The van der Waals surface area contributed by atoms with Crippen molar-refractivity contribution in [2.45, 2.75) is 20.3 Å². The first kappa shape index (κ1) is 16.4. The first-order valence-corrected chi connectivity index (χ1v) is 8.95. The summed E-state index contributed by atoms with van der Waals surface area (Å²) in [6.07, 6.45) is 5.54. The lowest BCUT2D eigenvalue weighted by Crippen LogP contribution is -2.06. The summed E-state index contributed by atoms with van der Waals surface area (Å²) in [7, 11) is 0. The molecule has 3 aromatic rings. The standard InChI is InChI=1S/C23H21N3/c1-16-13-17(2)15-20(14-16)23-25-21(18-9-5-3-6-10-18)24-22(26-23)19-11-7-4-8-12-19/h3-12,14-16H,13H2,1-2H3. The number of nitrogens with zero attached hydrogens (tertiary/aromatic N) is 3. The molecule has 3 nitrogen and oxygen atoms in total. The van der Waals surface area contributed by atoms with Gasteiger partial charge in [0.2, 0.25) is 0 Å². The Bertz CT molecular complexity index is 915. The molecule has 1 aliphatic carbocycles. The summed E-state index contributed by atoms with van der Waals surface area (Å²) in [5.41, 5.74) is 4.44. The molecule has 0 saturated carbocycles. The number of aromatic nitrogens is 3. The fraction of sp³-hybridized carbons (Fsp3) is 0.174. The molecular formula is C23H21N3. The molecule has 1 aliphatic rings. The lowest BCUT2D eigenvalue weighted by molar-refractivity contribution is 0.709. The molecule has 0 saturated heterocycles. The van der Waals surface area contributed by atoms with Gasteiger partial charge in [0.1, 0.15) is 0 Å². The zero-order chi connectivity index (χ0) is 17.9. The van der Waals surface area contributed by atoms with E-state index in [-0.39, 0.29) is 0 Å². The van der Waals surface area contributed by atoms with Crippen LogP contribution < -0.4 is 0 Å². The van der Waals surface area contributed by atoms with Crippen LogP contribution in [0.1, 0.15) is 26.1 Å². The SMILES string of the molecule is CC1=CC(c2nc(-c3ccccc3)nc(-c3ccccc3)n2)=CC(C)C1. The van der Waals surface area contributed by atoms with Crippen LogP contribution in [-0.2, 0) is 0 Å². The van der Waals surface area contributed by atoms with Gasteiger partial charge < -0.3 is 0 Å². The first-order valence-electron chi connectivity index (χ1n) is 8.95. The van der Waals surface area contributed by atoms with Crippen molar-refractivity contribution in [1.29, 1.82) is 0 Å². The van der Waals surface area contributed by atoms with Crippen LogP contribution in [0, 0.1) is 5.92 Å². The van der Waals surface area contributed by atoms with Crippen LogP contribution in [0.5, 0.6) is 0 Å². The second kappa shape index (κ2) is 7.04. The molecule has 3 heteroatoms. The van der Waals surface area contributed by atoms with E-state index in [1.54, 1.807) is 0 Å². The Morgan fingerprint density at radius 1 is 0.731 bits per heavy atom. The van der Waals surface area contributed by atoms with E-state index < -0.39 is 0 Å². The van der Waals surface area contributed by atoms with Gasteiger partial charge in [-0.15, -0.1) is 0 Å². The fourth-order valence-electron chi connectivity index (χ4n) is 3.32. The largest absolute Gasteiger partial charge is 0.208 e. The highest BCUT2D eigenvalue weighted by molar-refractivity contribution is 5.74. The van der Waals surface area contributed by atoms with Gasteiger partial charge in [-0.25, -0.2) is 15.0 Å². The van der Waals surface area contributed by atoms with Gasteiger partial charge in [-0.2, -0.15) is 0 Å². The third-order valence-electron chi connectivity index (χ3n) is 4.47. The summed E-state index contributed by atoms with van der Waals surface area (Å²) in [6.45, 7) is 4.40. The average molecular weight is 339 g/mol. The minimum atomic E-state index is 0.493. The van der Waals surface area contributed by atoms with Crippen LogP contribution in [0.15, 0.2) is 78.4 Å². The van der Waals surface area contributed by atoms with Crippen molar-refractivity contribution in [3.05, 3.63) is 84.2 Å². The van der Waals surface area contributed by atoms with Gasteiger partial charge >= 0.3 is 0 Å². The second-order valence-corrected chi connectivity index (χ2v) is 6.83. The van der Waals surface area contributed by atoms with Crippen molar-refractivity contribution >= 4 is 5.57 Å². The highest BCUT2D eigenvalue weighted by atomic mass is 15.0. The van der Waals surface area contributed by atoms with Crippen LogP contribution in [0.4, 0.5) is 0 Å². The molecule has 1 atom stereocenters. The maximum Gasteiger partial charge on any atom is 0.164 e. The molecule has 1 unspecified atom stereocenters. The van der Waals surface area contributed by atoms with Crippen LogP contribution in [-0.4, -0.2) is 15.0 Å². The van der Waals surface area contributed by atoms with Crippen LogP contribution in [0.25, 0.3) is 28.3 Å². The summed E-state index contributed by atoms with van der Waals surface area (Å²) >= 11 is 0. The van der Waals surface area contributed by atoms with E-state index in [1.165, 1.54) is 5.57 Å². The predicted molar refractivity (Wildman–Crippen MR) is 106 cm³/mol. The number of hydrogen-bond donors (Lipinski definition) is 0. The zero-order valence-corrected chi connectivity index (χ0v) is 15.1. The Balaban J connectivity index is 1.89. The fourth-order valence-corrected chi connectivity index (χ4v) is 3.32. The minimum Gasteiger partial charge on any atom is -0.208 e. The minimum absolute atomic E-state index is 0.493. The Morgan fingerprint density at radius 2 is 1.23 bits per heavy atom. The molecule has 1 aromatic heterocycles. The number of benzene rings is 2. The predicted octanol–water partition coefficient (Wildman–Crippen LogP) is 5.58. The third kappa shape index (κ3) is 3.47. The molecule has 26 heavy (non-hydrogen) atoms. The summed E-state index contributed by atoms with van der Waals surface area (Å²) in [5, 5.41) is 0. The van der Waals surface area contributed by atoms with Crippen molar-refractivity contribution in [3.8, 4) is 22.8 Å². The quantitative estimate of drug-likeness (QED) is 0.625. The highest BCUT2D eigenvalue weighted by Gasteiger charge is 2.16. The van der Waals surface area contributed by atoms with E-state index in [9.17, 15) is 0 Å². The van der Waals surface area contributed by atoms with Crippen molar-refractivity contribution in [3.63, 3.8) is 0 Å². The van der Waals surface area contributed by atoms with E-state index in [1.807, 2.05) is 60.7 Å². The lowest BCUT2D eigenvalue weighted by atomic mass is 9.92. The lowest BCUT2D eigenvalue weighted by Gasteiger charge is -2.16. The van der Waals surface area contributed by atoms with Crippen molar-refractivity contribution in [2.24, 2.45) is 5.92 Å². The molecular weight excluding hydrogens is 318 g/mol. The molecule has 0 fully saturated rings. The van der Waals surface area contributed by atoms with E-state index in [0.717, 1.165) is 28.9 Å². The Labute approximate surface area is 154 Å². The number of rotatable bonds is 3. The van der Waals surface area contributed by atoms with Gasteiger partial charge in [-0.05, 0) is 19.3 Å². The van der Waals surface area contributed by atoms with E-state index >= 15 is 0 Å². The molecule has 0 N–H and O–H groups in total. The molecule has 0 amide bonds. The highest BCUT2D eigenvalue weighted by Crippen LogP contribution is 2.29. The van der Waals surface area contributed by atoms with Gasteiger partial charge in [-0.3, -0.25) is 0 Å². The zero-order valence-electron chi connectivity index (χ0n) is 15.1. The third-order valence-corrected chi connectivity index (χ3v) is 4.47. The van der Waals surface area contributed by atoms with Gasteiger partial charge in [0.05, 0.1) is 0 Å². The smallest absolute Gasteiger partial charge is 0.164 e. The normalized spacial score (nSPS) is 16.8. The van der Waals surface area contributed by atoms with Gasteiger partial charge in [0, 0.05) is 16.7 Å². The summed E-state index contributed by atoms with van der Waals surface area (Å²) < 4.78 is 0. The summed E-state index contributed by atoms with van der Waals surface area (Å²) in [6, 6.07) is 20.2.